The van der Waals surface area contributed by atoms with Crippen LogP contribution in [0.4, 0.5) is 0 Å². The molecule has 2 N–H and O–H groups in total. The largest absolute Gasteiger partial charge is 0.481 e. The Morgan fingerprint density at radius 2 is 2.00 bits per heavy atom. The van der Waals surface area contributed by atoms with Crippen molar-refractivity contribution in [1.82, 2.24) is 20.2 Å². The van der Waals surface area contributed by atoms with Crippen molar-refractivity contribution < 1.29 is 4.74 Å². The molecular formula is C21H27N5O. The second kappa shape index (κ2) is 9.62. The summed E-state index contributed by atoms with van der Waals surface area (Å²) in [6, 6.07) is 16.3. The van der Waals surface area contributed by atoms with Crippen molar-refractivity contribution in [3.8, 4) is 5.88 Å². The van der Waals surface area contributed by atoms with Crippen LogP contribution in [0.15, 0.2) is 59.7 Å². The number of pyridine rings is 1. The van der Waals surface area contributed by atoms with Gasteiger partial charge in [-0.05, 0) is 36.9 Å². The minimum atomic E-state index is 0.509. The summed E-state index contributed by atoms with van der Waals surface area (Å²) in [6.45, 7) is 5.21. The van der Waals surface area contributed by atoms with Crippen molar-refractivity contribution in [2.75, 3.05) is 20.2 Å². The van der Waals surface area contributed by atoms with Gasteiger partial charge < -0.3 is 19.9 Å². The summed E-state index contributed by atoms with van der Waals surface area (Å²) >= 11 is 0. The van der Waals surface area contributed by atoms with Gasteiger partial charge in [0.25, 0.3) is 0 Å². The molecule has 3 aromatic rings. The van der Waals surface area contributed by atoms with E-state index in [1.54, 1.807) is 7.11 Å². The van der Waals surface area contributed by atoms with Gasteiger partial charge in [0.05, 0.1) is 19.3 Å². The van der Waals surface area contributed by atoms with Crippen molar-refractivity contribution in [3.05, 3.63) is 60.4 Å². The Labute approximate surface area is 160 Å². The molecule has 0 amide bonds. The molecule has 0 saturated carbocycles. The van der Waals surface area contributed by atoms with Crippen LogP contribution in [-0.4, -0.2) is 35.7 Å². The van der Waals surface area contributed by atoms with E-state index in [0.717, 1.165) is 37.7 Å². The summed E-state index contributed by atoms with van der Waals surface area (Å²) in [5, 5.41) is 7.96. The third kappa shape index (κ3) is 5.23. The number of methoxy groups -OCH3 is 1. The highest BCUT2D eigenvalue weighted by Crippen LogP contribution is 2.15. The fraction of sp³-hybridized carbons (Fsp3) is 0.333. The van der Waals surface area contributed by atoms with E-state index in [1.807, 2.05) is 18.2 Å². The zero-order valence-electron chi connectivity index (χ0n) is 16.0. The summed E-state index contributed by atoms with van der Waals surface area (Å²) < 4.78 is 7.45. The zero-order chi connectivity index (χ0) is 18.9. The molecule has 0 fully saturated rings. The Morgan fingerprint density at radius 3 is 2.85 bits per heavy atom. The number of nitrogens with one attached hydrogen (secondary N) is 2. The van der Waals surface area contributed by atoms with Crippen LogP contribution in [0.2, 0.25) is 0 Å². The molecule has 3 rings (SSSR count). The Hall–Kier alpha value is -3.02. The number of aryl methyl sites for hydroxylation is 1. The van der Waals surface area contributed by atoms with Crippen LogP contribution >= 0.6 is 0 Å². The van der Waals surface area contributed by atoms with E-state index in [1.165, 1.54) is 10.9 Å². The molecule has 1 aromatic carbocycles. The van der Waals surface area contributed by atoms with Crippen molar-refractivity contribution >= 4 is 16.9 Å². The van der Waals surface area contributed by atoms with Gasteiger partial charge in [-0.15, -0.1) is 0 Å². The molecule has 0 radical (unpaired) electrons. The van der Waals surface area contributed by atoms with Gasteiger partial charge in [-0.1, -0.05) is 24.3 Å². The third-order valence-electron chi connectivity index (χ3n) is 4.28. The average molecular weight is 365 g/mol. The van der Waals surface area contributed by atoms with Crippen molar-refractivity contribution in [1.29, 1.82) is 0 Å². The lowest BCUT2D eigenvalue weighted by molar-refractivity contribution is 0.396. The molecule has 6 heteroatoms. The second-order valence-electron chi connectivity index (χ2n) is 6.21. The van der Waals surface area contributed by atoms with Crippen LogP contribution in [0, 0.1) is 0 Å². The van der Waals surface area contributed by atoms with E-state index >= 15 is 0 Å². The first kappa shape index (κ1) is 18.8. The topological polar surface area (TPSA) is 63.5 Å². The molecule has 2 heterocycles. The number of fused-ring (bicyclic) bond motifs is 1. The molecule has 0 aliphatic heterocycles. The quantitative estimate of drug-likeness (QED) is 0.366. The lowest BCUT2D eigenvalue weighted by atomic mass is 10.2. The van der Waals surface area contributed by atoms with Gasteiger partial charge in [0.1, 0.15) is 0 Å². The van der Waals surface area contributed by atoms with Gasteiger partial charge in [-0.25, -0.2) is 9.98 Å². The highest BCUT2D eigenvalue weighted by atomic mass is 16.5. The van der Waals surface area contributed by atoms with E-state index in [-0.39, 0.29) is 0 Å². The minimum absolute atomic E-state index is 0.509. The number of hydrogen-bond donors (Lipinski definition) is 2. The number of guanidine groups is 1. The first-order valence-electron chi connectivity index (χ1n) is 9.36. The summed E-state index contributed by atoms with van der Waals surface area (Å²) in [4.78, 5) is 9.01. The zero-order valence-corrected chi connectivity index (χ0v) is 16.0. The van der Waals surface area contributed by atoms with E-state index in [2.05, 4.69) is 68.6 Å². The Bertz CT molecular complexity index is 887. The Balaban J connectivity index is 1.51. The highest BCUT2D eigenvalue weighted by molar-refractivity contribution is 5.80. The van der Waals surface area contributed by atoms with E-state index in [0.29, 0.717) is 12.4 Å². The van der Waals surface area contributed by atoms with Crippen LogP contribution in [0.25, 0.3) is 10.9 Å². The Morgan fingerprint density at radius 1 is 1.11 bits per heavy atom. The highest BCUT2D eigenvalue weighted by Gasteiger charge is 2.02. The first-order chi connectivity index (χ1) is 13.3. The molecule has 27 heavy (non-hydrogen) atoms. The number of hydrogen-bond acceptors (Lipinski definition) is 3. The summed E-state index contributed by atoms with van der Waals surface area (Å²) in [5.74, 6) is 1.42. The fourth-order valence-corrected chi connectivity index (χ4v) is 2.95. The minimum Gasteiger partial charge on any atom is -0.481 e. The lowest BCUT2D eigenvalue weighted by Crippen LogP contribution is -2.38. The second-order valence-corrected chi connectivity index (χ2v) is 6.21. The molecule has 0 aliphatic carbocycles. The number of ether oxygens (including phenoxy) is 1. The van der Waals surface area contributed by atoms with Gasteiger partial charge in [0.2, 0.25) is 5.88 Å². The van der Waals surface area contributed by atoms with Crippen LogP contribution in [0.3, 0.4) is 0 Å². The summed E-state index contributed by atoms with van der Waals surface area (Å²) in [5.41, 5.74) is 2.16. The molecule has 0 spiro atoms. The molecule has 6 nitrogen and oxygen atoms in total. The normalized spacial score (nSPS) is 11.6. The Kier molecular flexibility index (Phi) is 6.68. The number of aromatic nitrogens is 2. The van der Waals surface area contributed by atoms with Crippen LogP contribution < -0.4 is 15.4 Å². The standard InChI is InChI=1S/C21H27N5O/c1-3-22-21(24-16-18-9-6-11-20(25-18)27-2)23-13-7-14-26-15-12-17-8-4-5-10-19(17)26/h4-6,8-12,15H,3,7,13-14,16H2,1-2H3,(H2,22,23,24). The predicted molar refractivity (Wildman–Crippen MR) is 110 cm³/mol. The van der Waals surface area contributed by atoms with Crippen molar-refractivity contribution in [3.63, 3.8) is 0 Å². The number of rotatable bonds is 8. The number of para-hydroxylation sites is 1. The molecule has 2 aromatic heterocycles. The SMILES string of the molecule is CCNC(=NCc1cccc(OC)n1)NCCCn1ccc2ccccc21. The van der Waals surface area contributed by atoms with Gasteiger partial charge in [-0.2, -0.15) is 0 Å². The van der Waals surface area contributed by atoms with E-state index in [4.69, 9.17) is 4.74 Å². The first-order valence-corrected chi connectivity index (χ1v) is 9.36. The van der Waals surface area contributed by atoms with E-state index < -0.39 is 0 Å². The van der Waals surface area contributed by atoms with Crippen LogP contribution in [-0.2, 0) is 13.1 Å². The van der Waals surface area contributed by atoms with Gasteiger partial charge in [0, 0.05) is 37.4 Å². The fourth-order valence-electron chi connectivity index (χ4n) is 2.95. The van der Waals surface area contributed by atoms with Crippen LogP contribution in [0.5, 0.6) is 5.88 Å². The molecule has 0 unspecified atom stereocenters. The molecule has 0 saturated heterocycles. The van der Waals surface area contributed by atoms with Crippen LogP contribution in [0.1, 0.15) is 19.0 Å². The number of nitrogens with zero attached hydrogens (tertiary/aromatic N) is 3. The number of benzene rings is 1. The summed E-state index contributed by atoms with van der Waals surface area (Å²) in [7, 11) is 1.62. The average Bonchev–Trinajstić information content (AvgIpc) is 3.12. The summed E-state index contributed by atoms with van der Waals surface area (Å²) in [6.07, 6.45) is 3.17. The smallest absolute Gasteiger partial charge is 0.213 e. The van der Waals surface area contributed by atoms with Crippen molar-refractivity contribution in [2.45, 2.75) is 26.4 Å². The lowest BCUT2D eigenvalue weighted by Gasteiger charge is -2.12. The third-order valence-corrected chi connectivity index (χ3v) is 4.28. The monoisotopic (exact) mass is 365 g/mol. The maximum absolute atomic E-state index is 5.16. The molecular weight excluding hydrogens is 338 g/mol. The van der Waals surface area contributed by atoms with Crippen molar-refractivity contribution in [2.24, 2.45) is 4.99 Å². The van der Waals surface area contributed by atoms with E-state index in [9.17, 15) is 0 Å². The maximum atomic E-state index is 5.16. The number of aliphatic imine (C=N–C) groups is 1. The molecule has 0 aliphatic rings. The predicted octanol–water partition coefficient (Wildman–Crippen LogP) is 3.19. The van der Waals surface area contributed by atoms with Gasteiger partial charge in [0.15, 0.2) is 5.96 Å². The van der Waals surface area contributed by atoms with Gasteiger partial charge in [-0.3, -0.25) is 0 Å². The molecule has 0 bridgehead atoms. The van der Waals surface area contributed by atoms with Gasteiger partial charge >= 0.3 is 0 Å². The molecule has 0 atom stereocenters. The maximum Gasteiger partial charge on any atom is 0.213 e. The molecule has 142 valence electrons.